The molecule has 0 aliphatic heterocycles. The van der Waals surface area contributed by atoms with Crippen molar-refractivity contribution >= 4 is 43.7 Å². The van der Waals surface area contributed by atoms with E-state index in [0.29, 0.717) is 4.90 Å². The first-order valence-electron chi connectivity index (χ1n) is 3.47. The van der Waals surface area contributed by atoms with Crippen LogP contribution in [0.5, 0.6) is 0 Å². The van der Waals surface area contributed by atoms with Gasteiger partial charge in [-0.3, -0.25) is 20.2 Å². The summed E-state index contributed by atoms with van der Waals surface area (Å²) in [6.07, 6.45) is 0. The Labute approximate surface area is 96.9 Å². The van der Waals surface area contributed by atoms with Gasteiger partial charge in [0, 0.05) is 6.07 Å². The van der Waals surface area contributed by atoms with Crippen LogP contribution in [0.25, 0.3) is 0 Å². The van der Waals surface area contributed by atoms with E-state index >= 15 is 0 Å². The molecule has 15 heavy (non-hydrogen) atoms. The first kappa shape index (κ1) is 12.1. The van der Waals surface area contributed by atoms with E-state index in [1.165, 1.54) is 12.1 Å². The third-order valence-corrected chi connectivity index (χ3v) is 3.51. The molecule has 1 aromatic rings. The summed E-state index contributed by atoms with van der Waals surface area (Å²) in [4.78, 5) is 20.0. The monoisotopic (exact) mass is 264 g/mol. The van der Waals surface area contributed by atoms with Crippen molar-refractivity contribution in [3.05, 3.63) is 38.4 Å². The van der Waals surface area contributed by atoms with Crippen LogP contribution in [0, 0.1) is 20.2 Å². The summed E-state index contributed by atoms with van der Waals surface area (Å²) in [5.41, 5.74) is -0.578. The van der Waals surface area contributed by atoms with E-state index in [1.54, 1.807) is 0 Å². The van der Waals surface area contributed by atoms with Gasteiger partial charge in [-0.1, -0.05) is 11.7 Å². The molecule has 0 amide bonds. The molecule has 0 aliphatic rings. The molecule has 9 heteroatoms. The Balaban J connectivity index is 3.20. The number of nitro groups is 2. The lowest BCUT2D eigenvalue weighted by molar-refractivity contribution is -0.396. The second-order valence-corrected chi connectivity index (χ2v) is 5.37. The Morgan fingerprint density at radius 1 is 1.20 bits per heavy atom. The second-order valence-electron chi connectivity index (χ2n) is 2.32. The Morgan fingerprint density at radius 2 is 1.87 bits per heavy atom. The molecule has 0 heterocycles. The maximum Gasteiger partial charge on any atom is 0.290 e. The van der Waals surface area contributed by atoms with E-state index < -0.39 is 9.85 Å². The summed E-state index contributed by atoms with van der Waals surface area (Å²) in [5.74, 6) is 0. The molecule has 0 atom stereocenters. The largest absolute Gasteiger partial charge is 0.290 e. The van der Waals surface area contributed by atoms with Crippen LogP contribution < -0.4 is 0 Å². The van der Waals surface area contributed by atoms with Gasteiger partial charge in [-0.25, -0.2) is 0 Å². The molecular weight excluding hydrogens is 260 g/mol. The number of thiol groups is 1. The standard InChI is InChI=1S/C6H4N2O4S3/c9-7(10)4-1-2-6(14-15-13)5(3-4)8(11)12/h1-3,13H. The lowest BCUT2D eigenvalue weighted by atomic mass is 10.3. The number of benzene rings is 1. The van der Waals surface area contributed by atoms with E-state index in [2.05, 4.69) is 11.7 Å². The minimum Gasteiger partial charge on any atom is -0.258 e. The van der Waals surface area contributed by atoms with Crippen molar-refractivity contribution in [2.75, 3.05) is 0 Å². The van der Waals surface area contributed by atoms with Gasteiger partial charge in [0.2, 0.25) is 0 Å². The average Bonchev–Trinajstić information content (AvgIpc) is 2.18. The van der Waals surface area contributed by atoms with Crippen LogP contribution in [0.1, 0.15) is 0 Å². The SMILES string of the molecule is O=[N+]([O-])c1ccc(SSS)c([N+](=O)[O-])c1. The summed E-state index contributed by atoms with van der Waals surface area (Å²) in [5, 5.41) is 21.0. The summed E-state index contributed by atoms with van der Waals surface area (Å²) in [6, 6.07) is 3.50. The Bertz CT molecular complexity index is 411. The van der Waals surface area contributed by atoms with Crippen LogP contribution in [-0.4, -0.2) is 9.85 Å². The first-order valence-corrected chi connectivity index (χ1v) is 6.67. The Hall–Kier alpha value is -0.930. The maximum atomic E-state index is 10.6. The molecule has 0 saturated carbocycles. The highest BCUT2D eigenvalue weighted by Gasteiger charge is 2.19. The van der Waals surface area contributed by atoms with Crippen molar-refractivity contribution in [1.29, 1.82) is 0 Å². The van der Waals surface area contributed by atoms with Crippen LogP contribution in [0.4, 0.5) is 11.4 Å². The number of hydrogen-bond donors (Lipinski definition) is 1. The molecule has 1 aromatic carbocycles. The molecule has 0 aromatic heterocycles. The normalized spacial score (nSPS) is 9.93. The first-order chi connectivity index (χ1) is 7.06. The zero-order chi connectivity index (χ0) is 11.4. The fourth-order valence-electron chi connectivity index (χ4n) is 0.873. The van der Waals surface area contributed by atoms with Gasteiger partial charge in [-0.2, -0.15) is 0 Å². The molecule has 6 nitrogen and oxygen atoms in total. The van der Waals surface area contributed by atoms with Crippen molar-refractivity contribution in [3.8, 4) is 0 Å². The highest BCUT2D eigenvalue weighted by Crippen LogP contribution is 2.40. The topological polar surface area (TPSA) is 86.3 Å². The minimum absolute atomic E-state index is 0.282. The number of non-ortho nitro benzene ring substituents is 1. The lowest BCUT2D eigenvalue weighted by Crippen LogP contribution is -1.93. The zero-order valence-electron chi connectivity index (χ0n) is 7.02. The van der Waals surface area contributed by atoms with Gasteiger partial charge in [0.1, 0.15) is 0 Å². The van der Waals surface area contributed by atoms with Crippen LogP contribution in [-0.2, 0) is 0 Å². The van der Waals surface area contributed by atoms with Gasteiger partial charge in [-0.05, 0) is 26.7 Å². The van der Waals surface area contributed by atoms with Gasteiger partial charge in [-0.15, -0.1) is 0 Å². The molecule has 0 spiro atoms. The molecule has 80 valence electrons. The van der Waals surface area contributed by atoms with Crippen molar-refractivity contribution in [3.63, 3.8) is 0 Å². The van der Waals surface area contributed by atoms with Gasteiger partial charge in [0.05, 0.1) is 20.8 Å². The number of nitrogens with zero attached hydrogens (tertiary/aromatic N) is 2. The number of rotatable bonds is 4. The summed E-state index contributed by atoms with van der Waals surface area (Å²) in [7, 11) is 2.10. The predicted molar refractivity (Wildman–Crippen MR) is 62.2 cm³/mol. The van der Waals surface area contributed by atoms with Crippen LogP contribution in [0.3, 0.4) is 0 Å². The zero-order valence-corrected chi connectivity index (χ0v) is 9.55. The molecule has 1 rings (SSSR count). The molecule has 0 fully saturated rings. The molecule has 0 bridgehead atoms. The fraction of sp³-hybridized carbons (Fsp3) is 0. The summed E-state index contributed by atoms with van der Waals surface area (Å²) in [6.45, 7) is 0. The van der Waals surface area contributed by atoms with Crippen molar-refractivity contribution in [2.24, 2.45) is 0 Å². The number of hydrogen-bond acceptors (Lipinski definition) is 7. The van der Waals surface area contributed by atoms with Crippen molar-refractivity contribution in [2.45, 2.75) is 4.90 Å². The van der Waals surface area contributed by atoms with E-state index in [0.717, 1.165) is 26.7 Å². The van der Waals surface area contributed by atoms with Crippen LogP contribution >= 0.6 is 32.3 Å². The Morgan fingerprint density at radius 3 is 2.33 bits per heavy atom. The maximum absolute atomic E-state index is 10.6. The highest BCUT2D eigenvalue weighted by atomic mass is 33.5. The summed E-state index contributed by atoms with van der Waals surface area (Å²) < 4.78 is 0. The smallest absolute Gasteiger partial charge is 0.258 e. The van der Waals surface area contributed by atoms with E-state index in [9.17, 15) is 20.2 Å². The third-order valence-electron chi connectivity index (χ3n) is 1.48. The molecule has 0 radical (unpaired) electrons. The van der Waals surface area contributed by atoms with Crippen LogP contribution in [0.2, 0.25) is 0 Å². The third kappa shape index (κ3) is 3.01. The van der Waals surface area contributed by atoms with Gasteiger partial charge >= 0.3 is 0 Å². The molecule has 0 unspecified atom stereocenters. The molecule has 0 N–H and O–H groups in total. The van der Waals surface area contributed by atoms with E-state index in [1.807, 2.05) is 0 Å². The molecule has 0 saturated heterocycles. The van der Waals surface area contributed by atoms with E-state index in [-0.39, 0.29) is 11.4 Å². The van der Waals surface area contributed by atoms with Gasteiger partial charge in [0.15, 0.2) is 0 Å². The average molecular weight is 264 g/mol. The van der Waals surface area contributed by atoms with E-state index in [4.69, 9.17) is 0 Å². The van der Waals surface area contributed by atoms with Crippen molar-refractivity contribution < 1.29 is 9.85 Å². The predicted octanol–water partition coefficient (Wildman–Crippen LogP) is 3.09. The number of nitro benzene ring substituents is 2. The van der Waals surface area contributed by atoms with Gasteiger partial charge in [0.25, 0.3) is 11.4 Å². The quantitative estimate of drug-likeness (QED) is 0.389. The highest BCUT2D eigenvalue weighted by molar-refractivity contribution is 9.05. The molecule has 0 aliphatic carbocycles. The van der Waals surface area contributed by atoms with Crippen molar-refractivity contribution in [1.82, 2.24) is 0 Å². The Kier molecular flexibility index (Phi) is 4.24. The summed E-state index contributed by atoms with van der Waals surface area (Å²) >= 11 is 3.84. The van der Waals surface area contributed by atoms with Gasteiger partial charge < -0.3 is 0 Å². The molecular formula is C6H4N2O4S3. The fourth-order valence-corrected chi connectivity index (χ4v) is 2.68. The minimum atomic E-state index is -0.671. The second kappa shape index (κ2) is 5.24. The van der Waals surface area contributed by atoms with Crippen LogP contribution in [0.15, 0.2) is 23.1 Å². The lowest BCUT2D eigenvalue weighted by Gasteiger charge is -1.98.